The summed E-state index contributed by atoms with van der Waals surface area (Å²) in [5, 5.41) is 2.58. The van der Waals surface area contributed by atoms with E-state index in [1.54, 1.807) is 24.3 Å². The highest BCUT2D eigenvalue weighted by molar-refractivity contribution is 7.92. The van der Waals surface area contributed by atoms with Gasteiger partial charge in [-0.2, -0.15) is 0 Å². The molecule has 0 aliphatic heterocycles. The zero-order valence-electron chi connectivity index (χ0n) is 21.6. The van der Waals surface area contributed by atoms with Crippen molar-refractivity contribution in [3.8, 4) is 0 Å². The number of nitrogens with one attached hydrogen (secondary N) is 2. The number of carbonyl (C=O) groups excluding carboxylic acids is 4. The molecule has 0 fully saturated rings. The third-order valence-corrected chi connectivity index (χ3v) is 7.79. The fourth-order valence-electron chi connectivity index (χ4n) is 4.40. The summed E-state index contributed by atoms with van der Waals surface area (Å²) in [5.74, 6) is -2.49. The molecule has 4 aromatic rings. The van der Waals surface area contributed by atoms with E-state index in [1.165, 1.54) is 73.7 Å². The summed E-state index contributed by atoms with van der Waals surface area (Å²) in [5.41, 5.74) is 6.55. The minimum absolute atomic E-state index is 0.0457. The van der Waals surface area contributed by atoms with E-state index in [2.05, 4.69) is 10.0 Å². The number of anilines is 3. The Kier molecular flexibility index (Phi) is 7.12. The fraction of sp³-hybridized carbons (Fsp3) is 0.0667. The molecule has 0 bridgehead atoms. The summed E-state index contributed by atoms with van der Waals surface area (Å²) in [6.07, 6.45) is -1.35. The van der Waals surface area contributed by atoms with Gasteiger partial charge in [0.15, 0.2) is 17.7 Å². The number of esters is 1. The second kappa shape index (κ2) is 10.7. The Labute approximate surface area is 235 Å². The number of benzene rings is 4. The Morgan fingerprint density at radius 1 is 0.780 bits per heavy atom. The number of fused-ring (bicyclic) bond motifs is 2. The molecule has 4 aromatic carbocycles. The van der Waals surface area contributed by atoms with Gasteiger partial charge in [-0.3, -0.25) is 19.1 Å². The van der Waals surface area contributed by atoms with E-state index in [1.807, 2.05) is 0 Å². The molecule has 0 heterocycles. The first-order valence-corrected chi connectivity index (χ1v) is 13.9. The molecule has 0 saturated heterocycles. The maximum atomic E-state index is 13.2. The molecule has 0 unspecified atom stereocenters. The van der Waals surface area contributed by atoms with Gasteiger partial charge in [-0.05, 0) is 43.3 Å². The molecule has 4 N–H and O–H groups in total. The van der Waals surface area contributed by atoms with Gasteiger partial charge < -0.3 is 15.8 Å². The predicted molar refractivity (Wildman–Crippen MR) is 151 cm³/mol. The quantitative estimate of drug-likeness (QED) is 0.195. The number of ether oxygens (including phenoxy) is 1. The number of nitrogens with two attached hydrogens (primary N) is 1. The number of rotatable bonds is 7. The van der Waals surface area contributed by atoms with Crippen LogP contribution < -0.4 is 15.8 Å². The van der Waals surface area contributed by atoms with Crippen LogP contribution in [0.5, 0.6) is 0 Å². The number of para-hydroxylation sites is 1. The molecule has 1 amide bonds. The molecule has 0 aromatic heterocycles. The van der Waals surface area contributed by atoms with Crippen molar-refractivity contribution in [2.75, 3.05) is 15.8 Å². The molecule has 0 saturated carbocycles. The normalized spacial score (nSPS) is 13.0. The van der Waals surface area contributed by atoms with Gasteiger partial charge in [0.05, 0.1) is 27.4 Å². The van der Waals surface area contributed by atoms with Crippen molar-refractivity contribution in [2.24, 2.45) is 0 Å². The monoisotopic (exact) mass is 569 g/mol. The average molecular weight is 570 g/mol. The van der Waals surface area contributed by atoms with Crippen LogP contribution in [0.15, 0.2) is 95.9 Å². The van der Waals surface area contributed by atoms with Crippen molar-refractivity contribution >= 4 is 50.5 Å². The molecule has 0 radical (unpaired) electrons. The summed E-state index contributed by atoms with van der Waals surface area (Å²) in [6.45, 7) is 1.32. The van der Waals surface area contributed by atoms with Crippen LogP contribution in [-0.2, 0) is 19.6 Å². The molecule has 41 heavy (non-hydrogen) atoms. The Balaban J connectivity index is 1.34. The van der Waals surface area contributed by atoms with Crippen molar-refractivity contribution in [3.63, 3.8) is 0 Å². The summed E-state index contributed by atoms with van der Waals surface area (Å²) < 4.78 is 33.4. The van der Waals surface area contributed by atoms with E-state index in [9.17, 15) is 27.6 Å². The van der Waals surface area contributed by atoms with Crippen LogP contribution >= 0.6 is 0 Å². The Morgan fingerprint density at radius 2 is 1.39 bits per heavy atom. The molecule has 10 nitrogen and oxygen atoms in total. The highest BCUT2D eigenvalue weighted by Gasteiger charge is 2.32. The third-order valence-electron chi connectivity index (χ3n) is 6.42. The van der Waals surface area contributed by atoms with E-state index in [0.717, 1.165) is 0 Å². The lowest BCUT2D eigenvalue weighted by Gasteiger charge is -2.21. The number of nitrogen functional groups attached to an aromatic ring is 1. The first kappa shape index (κ1) is 27.3. The van der Waals surface area contributed by atoms with Crippen LogP contribution in [0.1, 0.15) is 49.1 Å². The minimum atomic E-state index is -4.09. The van der Waals surface area contributed by atoms with Gasteiger partial charge in [-0.25, -0.2) is 13.2 Å². The SMILES string of the molecule is C[C@@H](OC(=O)c1ccccc1NS(=O)(=O)c1cccc(N)c1)C(=O)Nc1cccc2c1C(=O)c1ccccc1C2=O. The standard InChI is InChI=1S/C30H23N3O7S/c1-17(29(36)32-25-15-7-13-23-26(25)28(35)21-11-3-2-10-20(21)27(23)34)40-30(37)22-12-4-5-14-24(22)33-41(38,39)19-9-6-8-18(31)16-19/h2-17,33H,31H2,1H3,(H,32,36)/t17-/m1/s1. The van der Waals surface area contributed by atoms with E-state index >= 15 is 0 Å². The first-order valence-electron chi connectivity index (χ1n) is 12.4. The molecule has 5 rings (SSSR count). The maximum absolute atomic E-state index is 13.2. The molecule has 206 valence electrons. The second-order valence-corrected chi connectivity index (χ2v) is 10.9. The lowest BCUT2D eigenvalue weighted by molar-refractivity contribution is -0.123. The van der Waals surface area contributed by atoms with Crippen molar-refractivity contribution in [1.29, 1.82) is 0 Å². The van der Waals surface area contributed by atoms with Crippen molar-refractivity contribution in [1.82, 2.24) is 0 Å². The highest BCUT2D eigenvalue weighted by Crippen LogP contribution is 2.32. The lowest BCUT2D eigenvalue weighted by atomic mass is 9.83. The smallest absolute Gasteiger partial charge is 0.341 e. The van der Waals surface area contributed by atoms with Crippen LogP contribution in [0.3, 0.4) is 0 Å². The average Bonchev–Trinajstić information content (AvgIpc) is 2.96. The van der Waals surface area contributed by atoms with Gasteiger partial charge in [-0.15, -0.1) is 0 Å². The third kappa shape index (κ3) is 5.30. The number of carbonyl (C=O) groups is 4. The van der Waals surface area contributed by atoms with Gasteiger partial charge in [0, 0.05) is 22.4 Å². The number of sulfonamides is 1. The zero-order chi connectivity index (χ0) is 29.3. The molecule has 11 heteroatoms. The van der Waals surface area contributed by atoms with E-state index in [0.29, 0.717) is 0 Å². The topological polar surface area (TPSA) is 162 Å². The maximum Gasteiger partial charge on any atom is 0.341 e. The molecule has 0 spiro atoms. The highest BCUT2D eigenvalue weighted by atomic mass is 32.2. The fourth-order valence-corrected chi connectivity index (χ4v) is 5.53. The lowest BCUT2D eigenvalue weighted by Crippen LogP contribution is -2.31. The molecular formula is C30H23N3O7S. The Bertz CT molecular complexity index is 1850. The van der Waals surface area contributed by atoms with Crippen molar-refractivity contribution in [3.05, 3.63) is 119 Å². The van der Waals surface area contributed by atoms with E-state index < -0.39 is 33.8 Å². The number of hydrogen-bond acceptors (Lipinski definition) is 8. The second-order valence-electron chi connectivity index (χ2n) is 9.19. The van der Waals surface area contributed by atoms with Gasteiger partial charge in [-0.1, -0.05) is 54.6 Å². The summed E-state index contributed by atoms with van der Waals surface area (Å²) in [4.78, 5) is 52.1. The number of hydrogen-bond donors (Lipinski definition) is 3. The van der Waals surface area contributed by atoms with Crippen LogP contribution in [0.4, 0.5) is 17.1 Å². The molecule has 1 aliphatic carbocycles. The van der Waals surface area contributed by atoms with Crippen LogP contribution in [0.2, 0.25) is 0 Å². The Hall–Kier alpha value is -5.29. The van der Waals surface area contributed by atoms with Crippen LogP contribution in [-0.4, -0.2) is 38.0 Å². The van der Waals surface area contributed by atoms with Crippen LogP contribution in [0.25, 0.3) is 0 Å². The summed E-state index contributed by atoms with van der Waals surface area (Å²) in [6, 6.07) is 22.3. The van der Waals surface area contributed by atoms with Gasteiger partial charge in [0.1, 0.15) is 0 Å². The molecular weight excluding hydrogens is 546 g/mol. The molecule has 1 aliphatic rings. The minimum Gasteiger partial charge on any atom is -0.449 e. The van der Waals surface area contributed by atoms with Crippen LogP contribution in [0, 0.1) is 0 Å². The zero-order valence-corrected chi connectivity index (χ0v) is 22.4. The number of amides is 1. The Morgan fingerprint density at radius 3 is 2.12 bits per heavy atom. The van der Waals surface area contributed by atoms with Gasteiger partial charge in [0.2, 0.25) is 0 Å². The van der Waals surface area contributed by atoms with Gasteiger partial charge >= 0.3 is 5.97 Å². The molecule has 1 atom stereocenters. The number of ketones is 2. The van der Waals surface area contributed by atoms with Crippen molar-refractivity contribution < 1.29 is 32.3 Å². The summed E-state index contributed by atoms with van der Waals surface area (Å²) in [7, 11) is -4.09. The predicted octanol–water partition coefficient (Wildman–Crippen LogP) is 4.03. The van der Waals surface area contributed by atoms with Gasteiger partial charge in [0.25, 0.3) is 15.9 Å². The first-order chi connectivity index (χ1) is 19.6. The largest absolute Gasteiger partial charge is 0.449 e. The van der Waals surface area contributed by atoms with Crippen molar-refractivity contribution in [2.45, 2.75) is 17.9 Å². The van der Waals surface area contributed by atoms with E-state index in [-0.39, 0.29) is 55.6 Å². The van der Waals surface area contributed by atoms with E-state index in [4.69, 9.17) is 10.5 Å². The summed E-state index contributed by atoms with van der Waals surface area (Å²) >= 11 is 0.